The van der Waals surface area contributed by atoms with Crippen LogP contribution >= 0.6 is 0 Å². The number of carbonyl (C=O) groups is 1. The fourth-order valence-corrected chi connectivity index (χ4v) is 3.26. The van der Waals surface area contributed by atoms with E-state index < -0.39 is 23.2 Å². The molecule has 154 valence electrons. The van der Waals surface area contributed by atoms with E-state index in [4.69, 9.17) is 9.47 Å². The fourth-order valence-electron chi connectivity index (χ4n) is 3.26. The van der Waals surface area contributed by atoms with Crippen LogP contribution in [-0.4, -0.2) is 45.5 Å². The molecular weight excluding hydrogens is 380 g/mol. The Labute approximate surface area is 166 Å². The van der Waals surface area contributed by atoms with Gasteiger partial charge in [-0.3, -0.25) is 19.1 Å². The Morgan fingerprint density at radius 2 is 2.03 bits per heavy atom. The van der Waals surface area contributed by atoms with E-state index in [1.165, 1.54) is 26.3 Å². The second-order valence-corrected chi connectivity index (χ2v) is 6.48. The van der Waals surface area contributed by atoms with Crippen molar-refractivity contribution < 1.29 is 19.4 Å². The van der Waals surface area contributed by atoms with Crippen LogP contribution in [0.2, 0.25) is 0 Å². The number of aromatic nitrogens is 2. The first kappa shape index (κ1) is 20.2. The summed E-state index contributed by atoms with van der Waals surface area (Å²) in [4.78, 5) is 38.7. The number of ether oxygens (including phenoxy) is 2. The Balaban J connectivity index is 2.12. The van der Waals surface area contributed by atoms with E-state index in [0.29, 0.717) is 17.1 Å². The van der Waals surface area contributed by atoms with Crippen molar-refractivity contribution >= 4 is 11.6 Å². The van der Waals surface area contributed by atoms with Gasteiger partial charge in [-0.05, 0) is 12.1 Å². The molecule has 2 aromatic rings. The van der Waals surface area contributed by atoms with Crippen LogP contribution in [-0.2, 0) is 11.8 Å². The molecule has 0 saturated heterocycles. The van der Waals surface area contributed by atoms with Gasteiger partial charge in [0.15, 0.2) is 0 Å². The number of methoxy groups -OCH3 is 2. The zero-order valence-electron chi connectivity index (χ0n) is 16.6. The number of H-pyrrole nitrogens is 1. The second kappa shape index (κ2) is 7.82. The third-order valence-electron chi connectivity index (χ3n) is 4.85. The molecule has 1 aromatic carbocycles. The lowest BCUT2D eigenvalue weighted by atomic mass is 9.98. The molecule has 0 aliphatic carbocycles. The summed E-state index contributed by atoms with van der Waals surface area (Å²) >= 11 is 0. The average Bonchev–Trinajstić information content (AvgIpc) is 3.15. The predicted molar refractivity (Wildman–Crippen MR) is 105 cm³/mol. The molecular formula is C19H22N4O6. The van der Waals surface area contributed by atoms with Crippen LogP contribution in [0.25, 0.3) is 0 Å². The Kier molecular flexibility index (Phi) is 5.44. The molecule has 2 heterocycles. The van der Waals surface area contributed by atoms with Crippen LogP contribution in [0.5, 0.6) is 17.4 Å². The van der Waals surface area contributed by atoms with Gasteiger partial charge in [0.05, 0.1) is 26.0 Å². The number of nitrogens with one attached hydrogen (secondary N) is 1. The molecule has 0 bridgehead atoms. The van der Waals surface area contributed by atoms with Gasteiger partial charge in [-0.1, -0.05) is 6.92 Å². The lowest BCUT2D eigenvalue weighted by Gasteiger charge is -2.23. The number of nitrogens with zero attached hydrogens (tertiary/aromatic N) is 3. The van der Waals surface area contributed by atoms with E-state index in [-0.39, 0.29) is 30.0 Å². The Bertz CT molecular complexity index is 1100. The van der Waals surface area contributed by atoms with E-state index in [1.807, 2.05) is 0 Å². The zero-order valence-corrected chi connectivity index (χ0v) is 16.6. The number of rotatable bonds is 5. The van der Waals surface area contributed by atoms with Gasteiger partial charge in [0.2, 0.25) is 11.8 Å². The van der Waals surface area contributed by atoms with Crippen molar-refractivity contribution in [3.63, 3.8) is 0 Å². The topological polar surface area (TPSA) is 126 Å². The zero-order chi connectivity index (χ0) is 21.3. The third kappa shape index (κ3) is 3.48. The SMILES string of the molecule is CCC(=O)N1N=C(c2c(O)n(C)c(=O)[nH]c2=O)C[C@@H]1c1ccc(OC)cc1OC. The highest BCUT2D eigenvalue weighted by atomic mass is 16.5. The van der Waals surface area contributed by atoms with E-state index in [1.54, 1.807) is 25.1 Å². The van der Waals surface area contributed by atoms with Gasteiger partial charge in [-0.25, -0.2) is 9.80 Å². The average molecular weight is 402 g/mol. The van der Waals surface area contributed by atoms with Crippen LogP contribution < -0.4 is 20.7 Å². The minimum Gasteiger partial charge on any atom is -0.497 e. The van der Waals surface area contributed by atoms with Crippen molar-refractivity contribution in [2.24, 2.45) is 12.1 Å². The van der Waals surface area contributed by atoms with E-state index in [9.17, 15) is 19.5 Å². The first-order valence-electron chi connectivity index (χ1n) is 8.96. The second-order valence-electron chi connectivity index (χ2n) is 6.48. The first-order chi connectivity index (χ1) is 13.8. The number of hydrazone groups is 1. The number of hydrogen-bond acceptors (Lipinski definition) is 7. The molecule has 0 unspecified atom stereocenters. The Hall–Kier alpha value is -3.56. The molecule has 1 aliphatic heterocycles. The van der Waals surface area contributed by atoms with Crippen LogP contribution in [0.4, 0.5) is 0 Å². The summed E-state index contributed by atoms with van der Waals surface area (Å²) in [5.74, 6) is 0.316. The number of aromatic amines is 1. The lowest BCUT2D eigenvalue weighted by molar-refractivity contribution is -0.132. The normalized spacial score (nSPS) is 15.9. The van der Waals surface area contributed by atoms with Crippen molar-refractivity contribution in [2.75, 3.05) is 14.2 Å². The standard InChI is InChI=1S/C19H22N4O6/c1-5-15(24)23-13(11-7-6-10(28-3)8-14(11)29-4)9-12(21-23)16-17(25)20-19(27)22(2)18(16)26/h6-8,13,26H,5,9H2,1-4H3,(H,20,25,27)/t13-/m1/s1. The summed E-state index contributed by atoms with van der Waals surface area (Å²) in [5, 5.41) is 15.9. The number of benzene rings is 1. The molecule has 0 spiro atoms. The van der Waals surface area contributed by atoms with Crippen LogP contribution in [0, 0.1) is 0 Å². The largest absolute Gasteiger partial charge is 0.497 e. The highest BCUT2D eigenvalue weighted by Gasteiger charge is 2.36. The molecule has 0 radical (unpaired) electrons. The maximum atomic E-state index is 12.5. The Morgan fingerprint density at radius 3 is 2.66 bits per heavy atom. The van der Waals surface area contributed by atoms with E-state index in [0.717, 1.165) is 4.57 Å². The van der Waals surface area contributed by atoms with Crippen molar-refractivity contribution in [3.8, 4) is 17.4 Å². The van der Waals surface area contributed by atoms with Gasteiger partial charge in [0, 0.05) is 31.5 Å². The van der Waals surface area contributed by atoms with E-state index >= 15 is 0 Å². The molecule has 1 aromatic heterocycles. The molecule has 1 aliphatic rings. The van der Waals surface area contributed by atoms with Gasteiger partial charge in [0.1, 0.15) is 17.1 Å². The number of aromatic hydroxyl groups is 1. The molecule has 29 heavy (non-hydrogen) atoms. The summed E-state index contributed by atoms with van der Waals surface area (Å²) < 4.78 is 11.6. The summed E-state index contributed by atoms with van der Waals surface area (Å²) in [5.41, 5.74) is -0.783. The maximum absolute atomic E-state index is 12.5. The van der Waals surface area contributed by atoms with Gasteiger partial charge < -0.3 is 14.6 Å². The Morgan fingerprint density at radius 1 is 1.31 bits per heavy atom. The lowest BCUT2D eigenvalue weighted by Crippen LogP contribution is -2.32. The molecule has 10 heteroatoms. The highest BCUT2D eigenvalue weighted by molar-refractivity contribution is 6.04. The monoisotopic (exact) mass is 402 g/mol. The van der Waals surface area contributed by atoms with Crippen molar-refractivity contribution in [3.05, 3.63) is 50.2 Å². The van der Waals surface area contributed by atoms with Crippen molar-refractivity contribution in [2.45, 2.75) is 25.8 Å². The molecule has 3 rings (SSSR count). The van der Waals surface area contributed by atoms with E-state index in [2.05, 4.69) is 10.1 Å². The minimum absolute atomic E-state index is 0.143. The third-order valence-corrected chi connectivity index (χ3v) is 4.85. The molecule has 0 saturated carbocycles. The first-order valence-corrected chi connectivity index (χ1v) is 8.96. The van der Waals surface area contributed by atoms with Crippen LogP contribution in [0.15, 0.2) is 32.9 Å². The maximum Gasteiger partial charge on any atom is 0.330 e. The number of amides is 1. The quantitative estimate of drug-likeness (QED) is 0.765. The molecule has 10 nitrogen and oxygen atoms in total. The van der Waals surface area contributed by atoms with Gasteiger partial charge in [-0.2, -0.15) is 5.10 Å². The molecule has 0 fully saturated rings. The number of hydrogen-bond donors (Lipinski definition) is 2. The fraction of sp³-hybridized carbons (Fsp3) is 0.368. The van der Waals surface area contributed by atoms with Gasteiger partial charge in [-0.15, -0.1) is 0 Å². The summed E-state index contributed by atoms with van der Waals surface area (Å²) in [6, 6.07) is 4.65. The predicted octanol–water partition coefficient (Wildman–Crippen LogP) is 0.884. The van der Waals surface area contributed by atoms with Crippen LogP contribution in [0.1, 0.15) is 36.9 Å². The van der Waals surface area contributed by atoms with Crippen molar-refractivity contribution in [1.29, 1.82) is 0 Å². The van der Waals surface area contributed by atoms with Gasteiger partial charge in [0.25, 0.3) is 5.56 Å². The smallest absolute Gasteiger partial charge is 0.330 e. The summed E-state index contributed by atoms with van der Waals surface area (Å²) in [6.07, 6.45) is 0.352. The molecule has 2 N–H and O–H groups in total. The van der Waals surface area contributed by atoms with Gasteiger partial charge >= 0.3 is 5.69 Å². The summed E-state index contributed by atoms with van der Waals surface area (Å²) in [7, 11) is 4.36. The number of carbonyl (C=O) groups excluding carboxylic acids is 1. The molecule has 1 amide bonds. The van der Waals surface area contributed by atoms with Crippen LogP contribution in [0.3, 0.4) is 0 Å². The highest BCUT2D eigenvalue weighted by Crippen LogP contribution is 2.39. The summed E-state index contributed by atoms with van der Waals surface area (Å²) in [6.45, 7) is 1.70. The minimum atomic E-state index is -0.768. The van der Waals surface area contributed by atoms with Crippen molar-refractivity contribution in [1.82, 2.24) is 14.6 Å². The molecule has 1 atom stereocenters.